The summed E-state index contributed by atoms with van der Waals surface area (Å²) in [5.74, 6) is 0. The Morgan fingerprint density at radius 3 is 1.96 bits per heavy atom. The van der Waals surface area contributed by atoms with Crippen LogP contribution < -0.4 is 10.7 Å². The summed E-state index contributed by atoms with van der Waals surface area (Å²) >= 11 is 0. The topological polar surface area (TPSA) is 40.5 Å². The Bertz CT molecular complexity index is 1570. The van der Waals surface area contributed by atoms with Crippen LogP contribution in [0.1, 0.15) is 0 Å². The second kappa shape index (κ2) is 4.51. The van der Waals surface area contributed by atoms with Crippen molar-refractivity contribution in [3.63, 3.8) is 0 Å². The zero-order valence-electron chi connectivity index (χ0n) is 14.3. The summed E-state index contributed by atoms with van der Waals surface area (Å²) in [5.41, 5.74) is 9.08. The number of H-pyrrole nitrogens is 1. The highest BCUT2D eigenvalue weighted by atomic mass is 14.8. The van der Waals surface area contributed by atoms with Crippen LogP contribution in [-0.4, -0.2) is 4.98 Å². The lowest BCUT2D eigenvalue weighted by atomic mass is 9.93. The molecule has 0 saturated carbocycles. The Balaban J connectivity index is 1.83. The molecule has 1 N–H and O–H groups in total. The molecule has 124 valence electrons. The Hall–Kier alpha value is -3.72. The molecule has 0 unspecified atom stereocenters. The van der Waals surface area contributed by atoms with Crippen molar-refractivity contribution in [2.24, 2.45) is 9.98 Å². The van der Waals surface area contributed by atoms with Crippen LogP contribution >= 0.6 is 0 Å². The lowest BCUT2D eigenvalue weighted by Gasteiger charge is -2.07. The zero-order chi connectivity index (χ0) is 17.5. The largest absolute Gasteiger partial charge is 0.353 e. The van der Waals surface area contributed by atoms with E-state index in [9.17, 15) is 0 Å². The molecule has 0 atom stereocenters. The lowest BCUT2D eigenvalue weighted by Crippen LogP contribution is -2.15. The molecule has 0 amide bonds. The van der Waals surface area contributed by atoms with Gasteiger partial charge in [0.15, 0.2) is 0 Å². The first-order valence-corrected chi connectivity index (χ1v) is 9.13. The van der Waals surface area contributed by atoms with Crippen LogP contribution in [0.25, 0.3) is 44.1 Å². The fraction of sp³-hybridized carbons (Fsp3) is 0. The molecular formula is C24H13N3. The maximum absolute atomic E-state index is 5.05. The van der Waals surface area contributed by atoms with Crippen LogP contribution in [0.4, 0.5) is 11.4 Å². The number of para-hydroxylation sites is 3. The van der Waals surface area contributed by atoms with Crippen molar-refractivity contribution in [2.45, 2.75) is 0 Å². The van der Waals surface area contributed by atoms with Crippen LogP contribution in [0.5, 0.6) is 0 Å². The van der Waals surface area contributed by atoms with Gasteiger partial charge < -0.3 is 4.98 Å². The molecule has 0 aliphatic carbocycles. The molecule has 0 radical (unpaired) electrons. The molecule has 27 heavy (non-hydrogen) atoms. The van der Waals surface area contributed by atoms with Crippen LogP contribution in [0, 0.1) is 0 Å². The minimum atomic E-state index is 1.03. The van der Waals surface area contributed by atoms with E-state index in [1.165, 1.54) is 33.0 Å². The minimum absolute atomic E-state index is 1.03. The average molecular weight is 343 g/mol. The predicted octanol–water partition coefficient (Wildman–Crippen LogP) is 5.18. The maximum atomic E-state index is 5.05. The molecule has 0 saturated heterocycles. The zero-order valence-corrected chi connectivity index (χ0v) is 14.3. The van der Waals surface area contributed by atoms with Gasteiger partial charge in [0.25, 0.3) is 0 Å². The molecule has 2 aliphatic rings. The molecular weight excluding hydrogens is 330 g/mol. The Morgan fingerprint density at radius 1 is 0.593 bits per heavy atom. The molecule has 3 nitrogen and oxygen atoms in total. The van der Waals surface area contributed by atoms with Crippen LogP contribution in [-0.2, 0) is 0 Å². The van der Waals surface area contributed by atoms with Gasteiger partial charge in [-0.15, -0.1) is 0 Å². The van der Waals surface area contributed by atoms with Gasteiger partial charge in [0, 0.05) is 38.5 Å². The van der Waals surface area contributed by atoms with E-state index in [1.54, 1.807) is 0 Å². The third-order valence-electron chi connectivity index (χ3n) is 5.71. The third-order valence-corrected chi connectivity index (χ3v) is 5.71. The number of hydrogen-bond acceptors (Lipinski definition) is 2. The van der Waals surface area contributed by atoms with Gasteiger partial charge in [-0.05, 0) is 18.2 Å². The number of aromatic nitrogens is 1. The smallest absolute Gasteiger partial charge is 0.0965 e. The lowest BCUT2D eigenvalue weighted by molar-refractivity contribution is 1.39. The first kappa shape index (κ1) is 13.5. The summed E-state index contributed by atoms with van der Waals surface area (Å²) in [6.07, 6.45) is 0. The summed E-state index contributed by atoms with van der Waals surface area (Å²) in [5, 5.41) is 4.48. The van der Waals surface area contributed by atoms with E-state index < -0.39 is 0 Å². The normalized spacial score (nSPS) is 13.0. The fourth-order valence-corrected chi connectivity index (χ4v) is 4.61. The molecule has 7 rings (SSSR count). The van der Waals surface area contributed by atoms with Gasteiger partial charge in [-0.25, -0.2) is 9.98 Å². The first-order chi connectivity index (χ1) is 13.4. The minimum Gasteiger partial charge on any atom is -0.353 e. The van der Waals surface area contributed by atoms with E-state index in [0.29, 0.717) is 0 Å². The molecule has 3 heteroatoms. The summed E-state index contributed by atoms with van der Waals surface area (Å²) in [6, 6.07) is 25.3. The van der Waals surface area contributed by atoms with Gasteiger partial charge in [-0.2, -0.15) is 0 Å². The molecule has 1 aromatic heterocycles. The van der Waals surface area contributed by atoms with Crippen molar-refractivity contribution in [3.8, 4) is 22.3 Å². The predicted molar refractivity (Wildman–Crippen MR) is 108 cm³/mol. The van der Waals surface area contributed by atoms with Crippen molar-refractivity contribution in [2.75, 3.05) is 0 Å². The van der Waals surface area contributed by atoms with Crippen LogP contribution in [0.15, 0.2) is 82.8 Å². The standard InChI is InChI=1S/C24H13N3/c1-4-10-16-13(7-1)19-20-14-8-2-5-11-17(14)26-23(20)24-21(22(19)25-16)15-9-3-6-12-18(15)27-24/h1-12,27H. The van der Waals surface area contributed by atoms with Gasteiger partial charge in [-0.1, -0.05) is 54.6 Å². The third kappa shape index (κ3) is 1.53. The van der Waals surface area contributed by atoms with Gasteiger partial charge in [0.2, 0.25) is 0 Å². The van der Waals surface area contributed by atoms with Gasteiger partial charge in [0.05, 0.1) is 27.6 Å². The molecule has 2 aliphatic heterocycles. The number of hydrogen-bond donors (Lipinski definition) is 1. The van der Waals surface area contributed by atoms with Crippen LogP contribution in [0.2, 0.25) is 0 Å². The molecule has 0 bridgehead atoms. The Morgan fingerprint density at radius 2 is 1.19 bits per heavy atom. The average Bonchev–Trinajstić information content (AvgIpc) is 3.38. The first-order valence-electron chi connectivity index (χ1n) is 9.13. The second-order valence-electron chi connectivity index (χ2n) is 7.13. The summed E-state index contributed by atoms with van der Waals surface area (Å²) in [6.45, 7) is 0. The van der Waals surface area contributed by atoms with E-state index in [4.69, 9.17) is 9.98 Å². The summed E-state index contributed by atoms with van der Waals surface area (Å²) < 4.78 is 0. The fourth-order valence-electron chi connectivity index (χ4n) is 4.61. The van der Waals surface area contributed by atoms with Crippen molar-refractivity contribution in [3.05, 3.63) is 83.5 Å². The highest BCUT2D eigenvalue weighted by Crippen LogP contribution is 2.43. The highest BCUT2D eigenvalue weighted by Gasteiger charge is 2.28. The van der Waals surface area contributed by atoms with E-state index in [1.807, 2.05) is 0 Å². The molecule has 5 aromatic rings. The maximum Gasteiger partial charge on any atom is 0.0965 e. The molecule has 0 fully saturated rings. The molecule has 4 aromatic carbocycles. The van der Waals surface area contributed by atoms with E-state index >= 15 is 0 Å². The van der Waals surface area contributed by atoms with Crippen molar-refractivity contribution in [1.82, 2.24) is 4.98 Å². The van der Waals surface area contributed by atoms with Gasteiger partial charge in [-0.3, -0.25) is 0 Å². The van der Waals surface area contributed by atoms with Crippen molar-refractivity contribution in [1.29, 1.82) is 0 Å². The number of nitrogens with one attached hydrogen (secondary N) is 1. The van der Waals surface area contributed by atoms with E-state index in [0.717, 1.165) is 33.1 Å². The van der Waals surface area contributed by atoms with Crippen molar-refractivity contribution >= 4 is 33.2 Å². The Kier molecular flexibility index (Phi) is 2.25. The van der Waals surface area contributed by atoms with E-state index in [-0.39, 0.29) is 0 Å². The SMILES string of the molecule is c1ccc2c(c1)N=c1c-2c2c(c3c1[nH]c1ccccc13)=Nc1ccccc1-2. The van der Waals surface area contributed by atoms with Gasteiger partial charge >= 0.3 is 0 Å². The number of aromatic amines is 1. The van der Waals surface area contributed by atoms with E-state index in [2.05, 4.69) is 77.8 Å². The number of rotatable bonds is 0. The van der Waals surface area contributed by atoms with Crippen LogP contribution in [0.3, 0.4) is 0 Å². The summed E-state index contributed by atoms with van der Waals surface area (Å²) in [4.78, 5) is 13.7. The van der Waals surface area contributed by atoms with Gasteiger partial charge in [0.1, 0.15) is 0 Å². The quantitative estimate of drug-likeness (QED) is 0.394. The monoisotopic (exact) mass is 343 g/mol. The molecule has 3 heterocycles. The second-order valence-corrected chi connectivity index (χ2v) is 7.13. The Labute approximate surface area is 154 Å². The highest BCUT2D eigenvalue weighted by molar-refractivity contribution is 6.12. The molecule has 0 spiro atoms. The number of fused-ring (bicyclic) bond motifs is 12. The summed E-state index contributed by atoms with van der Waals surface area (Å²) in [7, 11) is 0. The number of benzene rings is 4. The van der Waals surface area contributed by atoms with Crippen molar-refractivity contribution < 1.29 is 0 Å². The number of nitrogens with zero attached hydrogens (tertiary/aromatic N) is 2.